The molecular weight excluding hydrogens is 304 g/mol. The van der Waals surface area contributed by atoms with Gasteiger partial charge in [0.1, 0.15) is 0 Å². The summed E-state index contributed by atoms with van der Waals surface area (Å²) in [7, 11) is 0. The Morgan fingerprint density at radius 2 is 1.62 bits per heavy atom. The van der Waals surface area contributed by atoms with Gasteiger partial charge in [-0.25, -0.2) is 4.79 Å². The smallest absolute Gasteiger partial charge is 0.319 e. The van der Waals surface area contributed by atoms with Crippen LogP contribution < -0.4 is 16.0 Å². The number of carbonyl (C=O) groups is 2. The van der Waals surface area contributed by atoms with Crippen LogP contribution in [0, 0.1) is 11.3 Å². The van der Waals surface area contributed by atoms with Crippen LogP contribution in [0.2, 0.25) is 0 Å². The second-order valence-electron chi connectivity index (χ2n) is 5.48. The quantitative estimate of drug-likeness (QED) is 0.805. The fraction of sp³-hybridized carbons (Fsp3) is 0.167. The molecule has 6 heteroatoms. The summed E-state index contributed by atoms with van der Waals surface area (Å²) in [5.74, 6) is -0.301. The van der Waals surface area contributed by atoms with E-state index in [-0.39, 0.29) is 18.0 Å². The maximum absolute atomic E-state index is 12.2. The third kappa shape index (κ3) is 4.85. The fourth-order valence-corrected chi connectivity index (χ4v) is 2.00. The Bertz CT molecular complexity index is 776. The third-order valence-corrected chi connectivity index (χ3v) is 3.07. The first kappa shape index (κ1) is 17.0. The largest absolute Gasteiger partial charge is 0.336 e. The molecule has 0 aliphatic rings. The molecule has 2 aromatic rings. The first-order valence-electron chi connectivity index (χ1n) is 7.47. The van der Waals surface area contributed by atoms with Gasteiger partial charge in [-0.05, 0) is 56.3 Å². The highest BCUT2D eigenvalue weighted by Gasteiger charge is 2.07. The number of urea groups is 1. The number of carbonyl (C=O) groups excluding carboxylic acids is 2. The van der Waals surface area contributed by atoms with Crippen LogP contribution in [0.4, 0.5) is 16.2 Å². The van der Waals surface area contributed by atoms with Crippen LogP contribution in [0.5, 0.6) is 0 Å². The summed E-state index contributed by atoms with van der Waals surface area (Å²) in [5, 5.41) is 17.0. The summed E-state index contributed by atoms with van der Waals surface area (Å²) in [6.45, 7) is 3.75. The number of hydrogen-bond acceptors (Lipinski definition) is 3. The minimum Gasteiger partial charge on any atom is -0.336 e. The molecule has 2 aromatic carbocycles. The summed E-state index contributed by atoms with van der Waals surface area (Å²) < 4.78 is 0. The monoisotopic (exact) mass is 322 g/mol. The topological polar surface area (TPSA) is 94.0 Å². The Hall–Kier alpha value is -3.33. The lowest BCUT2D eigenvalue weighted by Crippen LogP contribution is -2.34. The van der Waals surface area contributed by atoms with Crippen molar-refractivity contribution in [3.05, 3.63) is 59.7 Å². The maximum atomic E-state index is 12.2. The van der Waals surface area contributed by atoms with Crippen molar-refractivity contribution < 1.29 is 9.59 Å². The Morgan fingerprint density at radius 3 is 2.21 bits per heavy atom. The molecule has 0 aliphatic heterocycles. The van der Waals surface area contributed by atoms with Crippen LogP contribution >= 0.6 is 0 Å². The minimum atomic E-state index is -0.301. The molecule has 0 saturated carbocycles. The summed E-state index contributed by atoms with van der Waals surface area (Å²) in [6, 6.07) is 15.0. The Kier molecular flexibility index (Phi) is 5.53. The molecule has 0 fully saturated rings. The molecule has 24 heavy (non-hydrogen) atoms. The number of amides is 3. The van der Waals surface area contributed by atoms with Gasteiger partial charge in [-0.15, -0.1) is 0 Å². The van der Waals surface area contributed by atoms with E-state index in [4.69, 9.17) is 5.26 Å². The van der Waals surface area contributed by atoms with Gasteiger partial charge in [-0.2, -0.15) is 5.26 Å². The number of nitriles is 1. The van der Waals surface area contributed by atoms with Crippen molar-refractivity contribution in [2.75, 3.05) is 10.6 Å². The molecule has 0 unspecified atom stereocenters. The van der Waals surface area contributed by atoms with Crippen LogP contribution in [-0.4, -0.2) is 18.0 Å². The highest BCUT2D eigenvalue weighted by Crippen LogP contribution is 2.15. The first-order chi connectivity index (χ1) is 11.5. The Labute approximate surface area is 140 Å². The molecule has 122 valence electrons. The van der Waals surface area contributed by atoms with E-state index in [0.29, 0.717) is 22.5 Å². The number of hydrogen-bond donors (Lipinski definition) is 3. The lowest BCUT2D eigenvalue weighted by Gasteiger charge is -2.11. The van der Waals surface area contributed by atoms with Crippen LogP contribution in [0.25, 0.3) is 0 Å². The normalized spacial score (nSPS) is 9.92. The van der Waals surface area contributed by atoms with Gasteiger partial charge in [-0.3, -0.25) is 4.79 Å². The first-order valence-corrected chi connectivity index (χ1v) is 7.47. The van der Waals surface area contributed by atoms with Crippen molar-refractivity contribution in [1.82, 2.24) is 5.32 Å². The predicted octanol–water partition coefficient (Wildman–Crippen LogP) is 3.34. The zero-order chi connectivity index (χ0) is 17.5. The molecule has 0 bridgehead atoms. The number of anilines is 2. The highest BCUT2D eigenvalue weighted by molar-refractivity contribution is 6.04. The van der Waals surface area contributed by atoms with E-state index in [1.54, 1.807) is 42.5 Å². The molecule has 0 spiro atoms. The maximum Gasteiger partial charge on any atom is 0.319 e. The zero-order valence-corrected chi connectivity index (χ0v) is 13.5. The number of benzene rings is 2. The number of nitrogens with one attached hydrogen (secondary N) is 3. The second-order valence-corrected chi connectivity index (χ2v) is 5.48. The van der Waals surface area contributed by atoms with E-state index in [2.05, 4.69) is 16.0 Å². The van der Waals surface area contributed by atoms with Gasteiger partial charge in [-0.1, -0.05) is 6.07 Å². The molecule has 3 N–H and O–H groups in total. The molecule has 6 nitrogen and oxygen atoms in total. The van der Waals surface area contributed by atoms with E-state index in [0.717, 1.165) is 0 Å². The fourth-order valence-electron chi connectivity index (χ4n) is 2.00. The van der Waals surface area contributed by atoms with E-state index < -0.39 is 0 Å². The highest BCUT2D eigenvalue weighted by atomic mass is 16.2. The van der Waals surface area contributed by atoms with Crippen molar-refractivity contribution in [2.45, 2.75) is 19.9 Å². The van der Waals surface area contributed by atoms with Crippen molar-refractivity contribution in [3.63, 3.8) is 0 Å². The third-order valence-electron chi connectivity index (χ3n) is 3.07. The van der Waals surface area contributed by atoms with Gasteiger partial charge >= 0.3 is 6.03 Å². The van der Waals surface area contributed by atoms with Crippen LogP contribution in [-0.2, 0) is 0 Å². The Morgan fingerprint density at radius 1 is 1.00 bits per heavy atom. The van der Waals surface area contributed by atoms with Crippen LogP contribution in [0.1, 0.15) is 29.8 Å². The lowest BCUT2D eigenvalue weighted by atomic mass is 10.1. The van der Waals surface area contributed by atoms with Crippen molar-refractivity contribution in [1.29, 1.82) is 5.26 Å². The second kappa shape index (κ2) is 7.79. The van der Waals surface area contributed by atoms with Crippen molar-refractivity contribution in [2.24, 2.45) is 0 Å². The standard InChI is InChI=1S/C18H18N4O2/c1-12(2)20-18(24)22-16-8-6-15(7-9-16)21-17(23)14-5-3-4-13(10-14)11-19/h3-10,12H,1-2H3,(H,21,23)(H2,20,22,24). The average Bonchev–Trinajstić information content (AvgIpc) is 2.56. The Balaban J connectivity index is 1.99. The molecule has 0 aromatic heterocycles. The van der Waals surface area contributed by atoms with E-state index >= 15 is 0 Å². The van der Waals surface area contributed by atoms with Gasteiger partial charge in [0.15, 0.2) is 0 Å². The summed E-state index contributed by atoms with van der Waals surface area (Å²) in [6.07, 6.45) is 0. The SMILES string of the molecule is CC(C)NC(=O)Nc1ccc(NC(=O)c2cccc(C#N)c2)cc1. The van der Waals surface area contributed by atoms with E-state index in [1.165, 1.54) is 6.07 Å². The molecule has 0 heterocycles. The molecule has 0 atom stereocenters. The minimum absolute atomic E-state index is 0.0488. The summed E-state index contributed by atoms with van der Waals surface area (Å²) >= 11 is 0. The average molecular weight is 322 g/mol. The van der Waals surface area contributed by atoms with Gasteiger partial charge in [0.05, 0.1) is 11.6 Å². The molecule has 0 radical (unpaired) electrons. The van der Waals surface area contributed by atoms with Crippen LogP contribution in [0.15, 0.2) is 48.5 Å². The summed E-state index contributed by atoms with van der Waals surface area (Å²) in [5.41, 5.74) is 2.06. The zero-order valence-electron chi connectivity index (χ0n) is 13.5. The van der Waals surface area contributed by atoms with Gasteiger partial charge in [0.2, 0.25) is 0 Å². The van der Waals surface area contributed by atoms with Crippen LogP contribution in [0.3, 0.4) is 0 Å². The predicted molar refractivity (Wildman–Crippen MR) is 92.8 cm³/mol. The van der Waals surface area contributed by atoms with Crippen molar-refractivity contribution in [3.8, 4) is 6.07 Å². The molecule has 3 amide bonds. The molecule has 0 saturated heterocycles. The van der Waals surface area contributed by atoms with E-state index in [9.17, 15) is 9.59 Å². The number of rotatable bonds is 4. The lowest BCUT2D eigenvalue weighted by molar-refractivity contribution is 0.102. The van der Waals surface area contributed by atoms with Gasteiger partial charge in [0, 0.05) is 23.0 Å². The van der Waals surface area contributed by atoms with Gasteiger partial charge in [0.25, 0.3) is 5.91 Å². The molecule has 2 rings (SSSR count). The van der Waals surface area contributed by atoms with Gasteiger partial charge < -0.3 is 16.0 Å². The summed E-state index contributed by atoms with van der Waals surface area (Å²) in [4.78, 5) is 23.8. The van der Waals surface area contributed by atoms with E-state index in [1.807, 2.05) is 19.9 Å². The molecular formula is C18H18N4O2. The molecule has 0 aliphatic carbocycles. The van der Waals surface area contributed by atoms with Crippen molar-refractivity contribution >= 4 is 23.3 Å². The number of nitrogens with zero attached hydrogens (tertiary/aromatic N) is 1.